The number of ether oxygens (including phenoxy) is 1. The normalized spacial score (nSPS) is 14.9. The number of aliphatic imine (C=N–C) groups is 1. The molecule has 2 heterocycles. The van der Waals surface area contributed by atoms with Crippen LogP contribution >= 0.6 is 22.9 Å². The predicted molar refractivity (Wildman–Crippen MR) is 119 cm³/mol. The van der Waals surface area contributed by atoms with Crippen molar-refractivity contribution >= 4 is 51.6 Å². The maximum atomic E-state index is 7.47. The summed E-state index contributed by atoms with van der Waals surface area (Å²) in [5.41, 5.74) is 9.01. The lowest BCUT2D eigenvalue weighted by atomic mass is 10.1. The van der Waals surface area contributed by atoms with E-state index in [2.05, 4.69) is 20.5 Å². The van der Waals surface area contributed by atoms with Crippen LogP contribution in [0.2, 0.25) is 5.02 Å². The van der Waals surface area contributed by atoms with Gasteiger partial charge < -0.3 is 21.2 Å². The third kappa shape index (κ3) is 3.94. The highest BCUT2D eigenvalue weighted by Gasteiger charge is 2.27. The first kappa shape index (κ1) is 19.4. The van der Waals surface area contributed by atoms with Crippen LogP contribution in [-0.4, -0.2) is 34.5 Å². The second-order valence-electron chi connectivity index (χ2n) is 7.21. The molecule has 29 heavy (non-hydrogen) atoms. The lowest BCUT2D eigenvalue weighted by Gasteiger charge is -2.09. The Hall–Kier alpha value is -2.97. The van der Waals surface area contributed by atoms with Crippen molar-refractivity contribution in [2.75, 3.05) is 17.7 Å². The first-order chi connectivity index (χ1) is 13.9. The first-order valence-corrected chi connectivity index (χ1v) is 10.1. The molecular formula is C20H19ClN6OS. The van der Waals surface area contributed by atoms with Gasteiger partial charge in [-0.2, -0.15) is 0 Å². The van der Waals surface area contributed by atoms with Crippen molar-refractivity contribution < 1.29 is 4.74 Å². The van der Waals surface area contributed by atoms with Gasteiger partial charge in [0, 0.05) is 28.6 Å². The number of nitrogen functional groups attached to an aromatic ring is 1. The van der Waals surface area contributed by atoms with Crippen LogP contribution in [0.1, 0.15) is 25.0 Å². The van der Waals surface area contributed by atoms with E-state index in [1.807, 2.05) is 38.1 Å². The largest absolute Gasteiger partial charge is 0.475 e. The summed E-state index contributed by atoms with van der Waals surface area (Å²) in [6.45, 7) is 4.65. The molecule has 1 aliphatic heterocycles. The Bertz CT molecular complexity index is 1120. The van der Waals surface area contributed by atoms with Crippen LogP contribution in [-0.2, 0) is 4.74 Å². The molecule has 1 aliphatic rings. The zero-order chi connectivity index (χ0) is 20.6. The molecular weight excluding hydrogens is 408 g/mol. The van der Waals surface area contributed by atoms with Crippen molar-refractivity contribution in [2.24, 2.45) is 4.99 Å². The van der Waals surface area contributed by atoms with Gasteiger partial charge in [-0.15, -0.1) is 10.2 Å². The number of halogens is 1. The van der Waals surface area contributed by atoms with Crippen molar-refractivity contribution in [2.45, 2.75) is 19.4 Å². The third-order valence-corrected chi connectivity index (χ3v) is 5.64. The van der Waals surface area contributed by atoms with Crippen molar-refractivity contribution in [3.8, 4) is 10.6 Å². The van der Waals surface area contributed by atoms with Crippen LogP contribution in [0.25, 0.3) is 10.6 Å². The molecule has 0 radical (unpaired) electrons. The van der Waals surface area contributed by atoms with E-state index in [0.29, 0.717) is 39.6 Å². The molecule has 0 saturated carbocycles. The number of anilines is 3. The number of hydrogen-bond donors (Lipinski definition) is 3. The van der Waals surface area contributed by atoms with E-state index in [1.54, 1.807) is 12.1 Å². The molecule has 0 bridgehead atoms. The van der Waals surface area contributed by atoms with E-state index in [0.717, 1.165) is 22.3 Å². The minimum absolute atomic E-state index is 0.209. The van der Waals surface area contributed by atoms with Crippen LogP contribution in [0.4, 0.5) is 16.5 Å². The number of nitrogens with zero attached hydrogens (tertiary/aromatic N) is 3. The minimum Gasteiger partial charge on any atom is -0.475 e. The van der Waals surface area contributed by atoms with E-state index >= 15 is 0 Å². The van der Waals surface area contributed by atoms with Crippen LogP contribution < -0.4 is 11.1 Å². The molecule has 0 fully saturated rings. The number of nitrogens with one attached hydrogen (secondary N) is 2. The Labute approximate surface area is 177 Å². The lowest BCUT2D eigenvalue weighted by molar-refractivity contribution is 0.279. The van der Waals surface area contributed by atoms with Crippen molar-refractivity contribution in [3.63, 3.8) is 0 Å². The Kier molecular flexibility index (Phi) is 4.97. The molecule has 2 aromatic carbocycles. The Balaban J connectivity index is 1.59. The molecule has 1 aromatic heterocycles. The average Bonchev–Trinajstić information content (AvgIpc) is 3.31. The maximum absolute atomic E-state index is 7.47. The van der Waals surface area contributed by atoms with Gasteiger partial charge in [0.15, 0.2) is 0 Å². The second-order valence-corrected chi connectivity index (χ2v) is 8.57. The van der Waals surface area contributed by atoms with Gasteiger partial charge in [0.1, 0.15) is 11.6 Å². The lowest BCUT2D eigenvalue weighted by Crippen LogP contribution is -2.17. The molecule has 4 N–H and O–H groups in total. The van der Waals surface area contributed by atoms with Gasteiger partial charge in [-0.3, -0.25) is 0 Å². The van der Waals surface area contributed by atoms with E-state index in [9.17, 15) is 0 Å². The van der Waals surface area contributed by atoms with Crippen molar-refractivity contribution in [1.82, 2.24) is 10.2 Å². The Morgan fingerprint density at radius 2 is 2.03 bits per heavy atom. The summed E-state index contributed by atoms with van der Waals surface area (Å²) < 4.78 is 5.74. The van der Waals surface area contributed by atoms with Crippen molar-refractivity contribution in [3.05, 3.63) is 52.5 Å². The Morgan fingerprint density at radius 3 is 2.76 bits per heavy atom. The molecule has 0 spiro atoms. The first-order valence-electron chi connectivity index (χ1n) is 8.89. The molecule has 7 nitrogen and oxygen atoms in total. The fourth-order valence-electron chi connectivity index (χ4n) is 2.87. The van der Waals surface area contributed by atoms with Gasteiger partial charge >= 0.3 is 0 Å². The molecule has 0 aliphatic carbocycles. The number of hydrogen-bond acceptors (Lipinski definition) is 8. The minimum atomic E-state index is -0.209. The molecule has 0 saturated heterocycles. The summed E-state index contributed by atoms with van der Waals surface area (Å²) in [6, 6.07) is 11.3. The van der Waals surface area contributed by atoms with Gasteiger partial charge in [0.25, 0.3) is 0 Å². The summed E-state index contributed by atoms with van der Waals surface area (Å²) in [4.78, 5) is 4.63. The highest BCUT2D eigenvalue weighted by atomic mass is 35.5. The maximum Gasteiger partial charge on any atom is 0.216 e. The zero-order valence-corrected chi connectivity index (χ0v) is 17.4. The quantitative estimate of drug-likeness (QED) is 0.403. The Morgan fingerprint density at radius 1 is 1.24 bits per heavy atom. The molecule has 0 amide bonds. The van der Waals surface area contributed by atoms with Gasteiger partial charge in [-0.25, -0.2) is 4.99 Å². The second kappa shape index (κ2) is 7.46. The summed E-state index contributed by atoms with van der Waals surface area (Å²) >= 11 is 7.74. The van der Waals surface area contributed by atoms with E-state index in [1.165, 1.54) is 11.3 Å². The predicted octanol–water partition coefficient (Wildman–Crippen LogP) is 4.74. The van der Waals surface area contributed by atoms with Gasteiger partial charge in [-0.1, -0.05) is 35.1 Å². The standard InChI is InChI=1S/C20H19ClN6OS/c1-20(2)10-28-17(25-20)11-4-3-5-12(8-11)18-26-27-19(29-18)24-15-7-6-14(23)13(9-22)16(15)21/h3-9,22H,10,23H2,1-2H3,(H,24,27). The average molecular weight is 427 g/mol. The fraction of sp³-hybridized carbons (Fsp3) is 0.200. The summed E-state index contributed by atoms with van der Waals surface area (Å²) in [6.07, 6.45) is 1.13. The fourth-order valence-corrected chi connectivity index (χ4v) is 3.90. The van der Waals surface area contributed by atoms with Gasteiger partial charge in [0.05, 0.1) is 16.2 Å². The summed E-state index contributed by atoms with van der Waals surface area (Å²) in [5, 5.41) is 20.8. The molecule has 9 heteroatoms. The van der Waals surface area contributed by atoms with Crippen LogP contribution in [0.15, 0.2) is 41.4 Å². The number of benzene rings is 2. The number of nitrogens with two attached hydrogens (primary N) is 1. The van der Waals surface area contributed by atoms with Gasteiger partial charge in [-0.05, 0) is 38.1 Å². The van der Waals surface area contributed by atoms with Crippen molar-refractivity contribution in [1.29, 1.82) is 5.41 Å². The highest BCUT2D eigenvalue weighted by molar-refractivity contribution is 7.18. The van der Waals surface area contributed by atoms with Gasteiger partial charge in [0.2, 0.25) is 11.0 Å². The third-order valence-electron chi connectivity index (χ3n) is 4.35. The van der Waals surface area contributed by atoms with E-state index < -0.39 is 0 Å². The smallest absolute Gasteiger partial charge is 0.216 e. The SMILES string of the molecule is CC1(C)COC(c2cccc(-c3nnc(Nc4ccc(N)c(C=N)c4Cl)s3)c2)=N1. The molecule has 0 unspecified atom stereocenters. The number of rotatable bonds is 5. The van der Waals surface area contributed by atoms with E-state index in [4.69, 9.17) is 27.5 Å². The topological polar surface area (TPSA) is 109 Å². The number of aromatic nitrogens is 2. The monoisotopic (exact) mass is 426 g/mol. The molecule has 4 rings (SSSR count). The van der Waals surface area contributed by atoms with Crippen LogP contribution in [0, 0.1) is 5.41 Å². The molecule has 3 aromatic rings. The summed E-state index contributed by atoms with van der Waals surface area (Å²) in [7, 11) is 0. The highest BCUT2D eigenvalue weighted by Crippen LogP contribution is 2.34. The molecule has 148 valence electrons. The van der Waals surface area contributed by atoms with Crippen LogP contribution in [0.5, 0.6) is 0 Å². The zero-order valence-electron chi connectivity index (χ0n) is 15.9. The van der Waals surface area contributed by atoms with E-state index in [-0.39, 0.29) is 5.54 Å². The van der Waals surface area contributed by atoms with Crippen LogP contribution in [0.3, 0.4) is 0 Å². The summed E-state index contributed by atoms with van der Waals surface area (Å²) in [5.74, 6) is 0.646. The molecule has 0 atom stereocenters.